The van der Waals surface area contributed by atoms with Gasteiger partial charge >= 0.3 is 0 Å². The third-order valence-electron chi connectivity index (χ3n) is 3.06. The molecule has 7 heteroatoms. The Hall–Kier alpha value is -0.400. The summed E-state index contributed by atoms with van der Waals surface area (Å²) in [6.07, 6.45) is 0.689. The smallest absolute Gasteiger partial charge is 0.206 e. The van der Waals surface area contributed by atoms with Crippen molar-refractivity contribution in [3.8, 4) is 0 Å². The fourth-order valence-corrected chi connectivity index (χ4v) is 5.93. The second-order valence-corrected chi connectivity index (χ2v) is 9.36. The molecule has 2 rings (SSSR count). The third-order valence-corrected chi connectivity index (χ3v) is 7.96. The molecule has 0 fully saturated rings. The topological polar surface area (TPSA) is 37.4 Å². The lowest BCUT2D eigenvalue weighted by molar-refractivity contribution is 0.432. The van der Waals surface area contributed by atoms with Crippen molar-refractivity contribution in [3.63, 3.8) is 0 Å². The summed E-state index contributed by atoms with van der Waals surface area (Å²) in [4.78, 5) is 0. The summed E-state index contributed by atoms with van der Waals surface area (Å²) in [5.41, 5.74) is 1.12. The minimum absolute atomic E-state index is 0.272. The molecule has 0 bridgehead atoms. The van der Waals surface area contributed by atoms with Crippen LogP contribution in [0.5, 0.6) is 0 Å². The molecule has 21 heavy (non-hydrogen) atoms. The van der Waals surface area contributed by atoms with E-state index in [9.17, 15) is 8.42 Å². The molecule has 1 aromatic carbocycles. The van der Waals surface area contributed by atoms with Crippen LogP contribution in [0.4, 0.5) is 0 Å². The average molecular weight is 409 g/mol. The number of benzene rings is 1. The van der Waals surface area contributed by atoms with Crippen molar-refractivity contribution in [2.24, 2.45) is 0 Å². The lowest BCUT2D eigenvalue weighted by Crippen LogP contribution is -2.32. The Morgan fingerprint density at radius 3 is 2.48 bits per heavy atom. The number of hydrogen-bond donors (Lipinski definition) is 0. The molecule has 0 saturated carbocycles. The standard InChI is InChI=1S/C14H15BrClNO2S2/c1-2-17(9-8-11-6-4-3-5-7-11)21(18,19)13-10-12(16)14(15)20-13/h3-7,10H,2,8-9H2,1H3. The summed E-state index contributed by atoms with van der Waals surface area (Å²) < 4.78 is 27.6. The maximum Gasteiger partial charge on any atom is 0.252 e. The number of likely N-dealkylation sites (N-methyl/N-ethyl adjacent to an activating group) is 1. The Morgan fingerprint density at radius 1 is 1.29 bits per heavy atom. The van der Waals surface area contributed by atoms with Gasteiger partial charge in [-0.2, -0.15) is 4.31 Å². The second kappa shape index (κ2) is 7.24. The predicted molar refractivity (Wildman–Crippen MR) is 91.6 cm³/mol. The maximum atomic E-state index is 12.6. The van der Waals surface area contributed by atoms with Crippen molar-refractivity contribution < 1.29 is 8.42 Å². The quantitative estimate of drug-likeness (QED) is 0.709. The van der Waals surface area contributed by atoms with Gasteiger partial charge in [0.25, 0.3) is 10.0 Å². The number of sulfonamides is 1. The molecule has 0 amide bonds. The van der Waals surface area contributed by atoms with E-state index in [0.717, 1.165) is 16.9 Å². The van der Waals surface area contributed by atoms with Crippen LogP contribution < -0.4 is 0 Å². The molecular formula is C14H15BrClNO2S2. The third kappa shape index (κ3) is 4.07. The van der Waals surface area contributed by atoms with E-state index in [1.54, 1.807) is 0 Å². The largest absolute Gasteiger partial charge is 0.252 e. The van der Waals surface area contributed by atoms with Gasteiger partial charge in [-0.1, -0.05) is 48.9 Å². The highest BCUT2D eigenvalue weighted by atomic mass is 79.9. The van der Waals surface area contributed by atoms with E-state index in [2.05, 4.69) is 15.9 Å². The normalized spacial score (nSPS) is 12.0. The van der Waals surface area contributed by atoms with Crippen LogP contribution in [0.1, 0.15) is 12.5 Å². The SMILES string of the molecule is CCN(CCc1ccccc1)S(=O)(=O)c1cc(Cl)c(Br)s1. The minimum Gasteiger partial charge on any atom is -0.206 e. The fourth-order valence-electron chi connectivity index (χ4n) is 1.93. The summed E-state index contributed by atoms with van der Waals surface area (Å²) in [5, 5.41) is 0.428. The molecule has 114 valence electrons. The molecule has 0 atom stereocenters. The zero-order valence-electron chi connectivity index (χ0n) is 11.4. The van der Waals surface area contributed by atoms with E-state index >= 15 is 0 Å². The van der Waals surface area contributed by atoms with Crippen LogP contribution in [0.3, 0.4) is 0 Å². The highest BCUT2D eigenvalue weighted by molar-refractivity contribution is 9.11. The summed E-state index contributed by atoms with van der Waals surface area (Å²) >= 11 is 10.3. The lowest BCUT2D eigenvalue weighted by Gasteiger charge is -2.19. The molecule has 0 aliphatic carbocycles. The van der Waals surface area contributed by atoms with Gasteiger partial charge in [0.1, 0.15) is 4.21 Å². The van der Waals surface area contributed by atoms with Gasteiger partial charge in [0.05, 0.1) is 8.81 Å². The Kier molecular flexibility index (Phi) is 5.85. The van der Waals surface area contributed by atoms with Crippen LogP contribution in [0.2, 0.25) is 5.02 Å². The number of nitrogens with zero attached hydrogens (tertiary/aromatic N) is 1. The number of thiophene rings is 1. The van der Waals surface area contributed by atoms with E-state index in [-0.39, 0.29) is 4.21 Å². The summed E-state index contributed by atoms with van der Waals surface area (Å²) in [7, 11) is -3.49. The Balaban J connectivity index is 2.16. The van der Waals surface area contributed by atoms with Crippen LogP contribution in [0.25, 0.3) is 0 Å². The predicted octanol–water partition coefficient (Wildman–Crippen LogP) is 4.42. The monoisotopic (exact) mass is 407 g/mol. The molecule has 0 aliphatic heterocycles. The molecule has 0 aliphatic rings. The Bertz CT molecular complexity index is 682. The van der Waals surface area contributed by atoms with E-state index < -0.39 is 10.0 Å². The average Bonchev–Trinajstić information content (AvgIpc) is 2.81. The van der Waals surface area contributed by atoms with Crippen molar-refractivity contribution in [1.29, 1.82) is 0 Å². The zero-order chi connectivity index (χ0) is 15.5. The summed E-state index contributed by atoms with van der Waals surface area (Å²) in [5.74, 6) is 0. The van der Waals surface area contributed by atoms with Crippen molar-refractivity contribution in [1.82, 2.24) is 4.31 Å². The second-order valence-electron chi connectivity index (χ2n) is 4.42. The van der Waals surface area contributed by atoms with Gasteiger partial charge in [-0.25, -0.2) is 8.42 Å². The molecule has 3 nitrogen and oxygen atoms in total. The van der Waals surface area contributed by atoms with Gasteiger partial charge in [0.2, 0.25) is 0 Å². The van der Waals surface area contributed by atoms with Crippen LogP contribution in [0, 0.1) is 0 Å². The van der Waals surface area contributed by atoms with Gasteiger partial charge in [-0.3, -0.25) is 0 Å². The van der Waals surface area contributed by atoms with Crippen molar-refractivity contribution in [2.45, 2.75) is 17.6 Å². The molecule has 0 N–H and O–H groups in total. The first-order chi connectivity index (χ1) is 9.95. The number of halogens is 2. The summed E-state index contributed by atoms with van der Waals surface area (Å²) in [6.45, 7) is 2.73. The molecule has 0 saturated heterocycles. The van der Waals surface area contributed by atoms with Crippen molar-refractivity contribution >= 4 is 48.9 Å². The first-order valence-electron chi connectivity index (χ1n) is 6.44. The highest BCUT2D eigenvalue weighted by Crippen LogP contribution is 2.35. The molecule has 2 aromatic rings. The van der Waals surface area contributed by atoms with Crippen LogP contribution >= 0.6 is 38.9 Å². The fraction of sp³-hybridized carbons (Fsp3) is 0.286. The maximum absolute atomic E-state index is 12.6. The molecule has 0 unspecified atom stereocenters. The molecule has 1 aromatic heterocycles. The molecular weight excluding hydrogens is 394 g/mol. The van der Waals surface area contributed by atoms with Crippen molar-refractivity contribution in [3.05, 3.63) is 50.8 Å². The van der Waals surface area contributed by atoms with E-state index in [1.807, 2.05) is 37.3 Å². The van der Waals surface area contributed by atoms with Gasteiger partial charge in [-0.15, -0.1) is 11.3 Å². The zero-order valence-corrected chi connectivity index (χ0v) is 15.4. The van der Waals surface area contributed by atoms with Crippen LogP contribution in [0.15, 0.2) is 44.4 Å². The van der Waals surface area contributed by atoms with Crippen LogP contribution in [-0.4, -0.2) is 25.8 Å². The van der Waals surface area contributed by atoms with Gasteiger partial charge in [0, 0.05) is 13.1 Å². The van der Waals surface area contributed by atoms with E-state index in [1.165, 1.54) is 10.4 Å². The summed E-state index contributed by atoms with van der Waals surface area (Å²) in [6, 6.07) is 11.4. The van der Waals surface area contributed by atoms with Crippen molar-refractivity contribution in [2.75, 3.05) is 13.1 Å². The molecule has 1 heterocycles. The molecule has 0 spiro atoms. The number of rotatable bonds is 6. The van der Waals surface area contributed by atoms with E-state index in [0.29, 0.717) is 28.3 Å². The first kappa shape index (κ1) is 17.0. The van der Waals surface area contributed by atoms with E-state index in [4.69, 9.17) is 11.6 Å². The lowest BCUT2D eigenvalue weighted by atomic mass is 10.1. The minimum atomic E-state index is -3.49. The molecule has 0 radical (unpaired) electrons. The Morgan fingerprint density at radius 2 is 1.95 bits per heavy atom. The van der Waals surface area contributed by atoms with Gasteiger partial charge in [-0.05, 0) is 34.0 Å². The van der Waals surface area contributed by atoms with Crippen LogP contribution in [-0.2, 0) is 16.4 Å². The highest BCUT2D eigenvalue weighted by Gasteiger charge is 2.25. The van der Waals surface area contributed by atoms with Gasteiger partial charge < -0.3 is 0 Å². The first-order valence-corrected chi connectivity index (χ1v) is 9.86. The number of hydrogen-bond acceptors (Lipinski definition) is 3. The van der Waals surface area contributed by atoms with Gasteiger partial charge in [0.15, 0.2) is 0 Å². The Labute approximate surface area is 142 Å².